The van der Waals surface area contributed by atoms with Crippen LogP contribution in [0.25, 0.3) is 22.7 Å². The molecule has 1 saturated heterocycles. The number of amides is 1. The number of nitriles is 1. The number of nitrogens with zero attached hydrogens (tertiary/aromatic N) is 6. The fraction of sp³-hybridized carbons (Fsp3) is 0.345. The number of carbonyl (C=O) groups is 1. The number of rotatable bonds is 6. The maximum absolute atomic E-state index is 12.8. The van der Waals surface area contributed by atoms with Gasteiger partial charge in [0.15, 0.2) is 5.58 Å². The number of alkyl halides is 3. The zero-order valence-corrected chi connectivity index (χ0v) is 22.7. The lowest BCUT2D eigenvalue weighted by Gasteiger charge is -2.40. The number of hydrogen-bond acceptors (Lipinski definition) is 8. The number of hydrogen-bond donors (Lipinski definition) is 1. The molecule has 3 aromatic heterocycles. The molecular weight excluding hydrogens is 535 g/mol. The molecule has 1 atom stereocenters. The van der Waals surface area contributed by atoms with Crippen LogP contribution in [0.4, 0.5) is 24.7 Å². The summed E-state index contributed by atoms with van der Waals surface area (Å²) in [5.74, 6) is 0.736. The van der Waals surface area contributed by atoms with Gasteiger partial charge >= 0.3 is 6.18 Å². The van der Waals surface area contributed by atoms with Gasteiger partial charge < -0.3 is 14.6 Å². The Labute approximate surface area is 234 Å². The minimum absolute atomic E-state index is 0.0431. The van der Waals surface area contributed by atoms with Crippen molar-refractivity contribution >= 4 is 28.5 Å². The van der Waals surface area contributed by atoms with E-state index in [1.165, 1.54) is 12.3 Å². The van der Waals surface area contributed by atoms with Crippen molar-refractivity contribution in [3.63, 3.8) is 0 Å². The summed E-state index contributed by atoms with van der Waals surface area (Å²) in [7, 11) is 0. The summed E-state index contributed by atoms with van der Waals surface area (Å²) in [6.07, 6.45) is -2.05. The van der Waals surface area contributed by atoms with Crippen LogP contribution in [0, 0.1) is 11.3 Å². The second-order valence-electron chi connectivity index (χ2n) is 10.4. The van der Waals surface area contributed by atoms with Gasteiger partial charge in [-0.1, -0.05) is 13.8 Å². The van der Waals surface area contributed by atoms with Gasteiger partial charge in [-0.05, 0) is 49.2 Å². The fourth-order valence-corrected chi connectivity index (χ4v) is 4.90. The molecule has 4 aromatic rings. The van der Waals surface area contributed by atoms with Crippen LogP contribution in [0.5, 0.6) is 0 Å². The van der Waals surface area contributed by atoms with E-state index < -0.39 is 11.7 Å². The molecule has 1 amide bonds. The van der Waals surface area contributed by atoms with Crippen LogP contribution in [0.2, 0.25) is 0 Å². The Hall–Kier alpha value is -4.50. The smallest absolute Gasteiger partial charge is 0.417 e. The van der Waals surface area contributed by atoms with Crippen LogP contribution in [0.15, 0.2) is 53.2 Å². The lowest BCUT2D eigenvalue weighted by atomic mass is 10.00. The Morgan fingerprint density at radius 3 is 2.59 bits per heavy atom. The third kappa shape index (κ3) is 6.15. The summed E-state index contributed by atoms with van der Waals surface area (Å²) in [5, 5.41) is 12.2. The Balaban J connectivity index is 1.19. The zero-order valence-electron chi connectivity index (χ0n) is 22.7. The number of nitrogens with one attached hydrogen (secondary N) is 1. The quantitative estimate of drug-likeness (QED) is 0.330. The first-order valence-electron chi connectivity index (χ1n) is 13.1. The van der Waals surface area contributed by atoms with Crippen LogP contribution in [-0.4, -0.2) is 58.0 Å². The van der Waals surface area contributed by atoms with Crippen molar-refractivity contribution in [1.82, 2.24) is 19.9 Å². The molecule has 5 rings (SSSR count). The summed E-state index contributed by atoms with van der Waals surface area (Å²) in [6, 6.07) is 11.4. The molecule has 1 N–H and O–H groups in total. The highest BCUT2D eigenvalue weighted by molar-refractivity contribution is 5.92. The van der Waals surface area contributed by atoms with Gasteiger partial charge in [-0.3, -0.25) is 9.69 Å². The molecule has 12 heteroatoms. The highest BCUT2D eigenvalue weighted by atomic mass is 19.4. The predicted octanol–water partition coefficient (Wildman–Crippen LogP) is 5.45. The van der Waals surface area contributed by atoms with Crippen molar-refractivity contribution in [3.8, 4) is 17.7 Å². The van der Waals surface area contributed by atoms with E-state index in [9.17, 15) is 23.2 Å². The van der Waals surface area contributed by atoms with Crippen LogP contribution in [-0.2, 0) is 11.0 Å². The second-order valence-corrected chi connectivity index (χ2v) is 10.4. The normalized spacial score (nSPS) is 16.2. The second kappa shape index (κ2) is 11.2. The number of pyridine rings is 2. The minimum Gasteiger partial charge on any atom is -0.434 e. The summed E-state index contributed by atoms with van der Waals surface area (Å²) >= 11 is 0. The molecule has 1 aromatic carbocycles. The molecule has 9 nitrogen and oxygen atoms in total. The van der Waals surface area contributed by atoms with Crippen LogP contribution in [0.1, 0.15) is 43.4 Å². The van der Waals surface area contributed by atoms with E-state index in [4.69, 9.17) is 4.42 Å². The van der Waals surface area contributed by atoms with Gasteiger partial charge in [-0.2, -0.15) is 18.4 Å². The first-order chi connectivity index (χ1) is 19.5. The summed E-state index contributed by atoms with van der Waals surface area (Å²) < 4.78 is 44.5. The molecule has 212 valence electrons. The molecule has 4 heterocycles. The van der Waals surface area contributed by atoms with Crippen molar-refractivity contribution in [1.29, 1.82) is 5.26 Å². The third-order valence-corrected chi connectivity index (χ3v) is 6.98. The Morgan fingerprint density at radius 1 is 1.17 bits per heavy atom. The first-order valence-corrected chi connectivity index (χ1v) is 13.1. The van der Waals surface area contributed by atoms with Gasteiger partial charge in [-0.15, -0.1) is 0 Å². The first kappa shape index (κ1) is 28.0. The lowest BCUT2D eigenvalue weighted by Crippen LogP contribution is -2.53. The zero-order chi connectivity index (χ0) is 29.3. The van der Waals surface area contributed by atoms with E-state index in [1.807, 2.05) is 30.6 Å². The molecule has 0 bridgehead atoms. The van der Waals surface area contributed by atoms with Crippen LogP contribution >= 0.6 is 0 Å². The van der Waals surface area contributed by atoms with Gasteiger partial charge in [0.25, 0.3) is 0 Å². The summed E-state index contributed by atoms with van der Waals surface area (Å²) in [4.78, 5) is 29.6. The standard InChI is InChI=1S/C29H28F3N7O2/c1-17(2)22-10-19(12-33)11-24-27(22)41-28(37-24)23-6-5-21(14-34-23)36-26(40)16-38-8-9-39(18(3)15-38)25-7-4-20(13-35-25)29(30,31)32/h4-7,10-11,13-14,17-18H,8-9,15-16H2,1-3H3,(H,36,40)/t18-/m1/s1. The lowest BCUT2D eigenvalue weighted by molar-refractivity contribution is -0.137. The highest BCUT2D eigenvalue weighted by Gasteiger charge is 2.32. The van der Waals surface area contributed by atoms with E-state index in [0.29, 0.717) is 59.4 Å². The topological polar surface area (TPSA) is 111 Å². The molecule has 0 spiro atoms. The van der Waals surface area contributed by atoms with Crippen molar-refractivity contribution in [3.05, 3.63) is 65.5 Å². The largest absolute Gasteiger partial charge is 0.434 e. The van der Waals surface area contributed by atoms with Gasteiger partial charge in [0.1, 0.15) is 17.0 Å². The van der Waals surface area contributed by atoms with E-state index >= 15 is 0 Å². The van der Waals surface area contributed by atoms with Crippen LogP contribution in [0.3, 0.4) is 0 Å². The number of oxazole rings is 1. The molecule has 0 radical (unpaired) electrons. The van der Waals surface area contributed by atoms with E-state index in [2.05, 4.69) is 26.3 Å². The van der Waals surface area contributed by atoms with Crippen molar-refractivity contribution < 1.29 is 22.4 Å². The Kier molecular flexibility index (Phi) is 7.64. The Bertz CT molecular complexity index is 1590. The van der Waals surface area contributed by atoms with Crippen molar-refractivity contribution in [2.45, 2.75) is 38.9 Å². The fourth-order valence-electron chi connectivity index (χ4n) is 4.90. The number of benzene rings is 1. The molecular formula is C29H28F3N7O2. The predicted molar refractivity (Wildman–Crippen MR) is 147 cm³/mol. The number of halogens is 3. The van der Waals surface area contributed by atoms with E-state index in [1.54, 1.807) is 24.3 Å². The molecule has 1 fully saturated rings. The molecule has 0 aliphatic carbocycles. The average molecular weight is 564 g/mol. The molecule has 1 aliphatic rings. The molecule has 0 unspecified atom stereocenters. The molecule has 1 aliphatic heterocycles. The number of piperazine rings is 1. The average Bonchev–Trinajstić information content (AvgIpc) is 3.36. The monoisotopic (exact) mass is 563 g/mol. The van der Waals surface area contributed by atoms with Crippen LogP contribution < -0.4 is 10.2 Å². The van der Waals surface area contributed by atoms with E-state index in [-0.39, 0.29) is 24.4 Å². The molecule has 41 heavy (non-hydrogen) atoms. The SMILES string of the molecule is CC(C)c1cc(C#N)cc2nc(-c3ccc(NC(=O)CN4CCN(c5ccc(C(F)(F)F)cn5)[C@H](C)C4)cn3)oc12. The van der Waals surface area contributed by atoms with E-state index in [0.717, 1.165) is 17.8 Å². The number of carbonyl (C=O) groups excluding carboxylic acids is 1. The van der Waals surface area contributed by atoms with Gasteiger partial charge in [0, 0.05) is 37.4 Å². The number of anilines is 2. The van der Waals surface area contributed by atoms with Gasteiger partial charge in [0.2, 0.25) is 11.8 Å². The molecule has 0 saturated carbocycles. The minimum atomic E-state index is -4.43. The van der Waals surface area contributed by atoms with Gasteiger partial charge in [0.05, 0.1) is 35.6 Å². The third-order valence-electron chi connectivity index (χ3n) is 6.98. The maximum Gasteiger partial charge on any atom is 0.417 e. The highest BCUT2D eigenvalue weighted by Crippen LogP contribution is 2.32. The number of aromatic nitrogens is 3. The summed E-state index contributed by atoms with van der Waals surface area (Å²) in [5.41, 5.74) is 2.85. The summed E-state index contributed by atoms with van der Waals surface area (Å²) in [6.45, 7) is 7.78. The van der Waals surface area contributed by atoms with Gasteiger partial charge in [-0.25, -0.2) is 15.0 Å². The maximum atomic E-state index is 12.8. The van der Waals surface area contributed by atoms with Crippen molar-refractivity contribution in [2.75, 3.05) is 36.4 Å². The number of fused-ring (bicyclic) bond motifs is 1. The Morgan fingerprint density at radius 2 is 1.98 bits per heavy atom. The van der Waals surface area contributed by atoms with Crippen molar-refractivity contribution in [2.24, 2.45) is 0 Å².